The molecule has 2 saturated heterocycles. The number of nitrogens with one attached hydrogen (secondary N) is 2. The number of halogens is 1. The summed E-state index contributed by atoms with van der Waals surface area (Å²) in [5, 5.41) is 11.3. The molecule has 0 atom stereocenters. The average Bonchev–Trinajstić information content (AvgIpc) is 3.39. The van der Waals surface area contributed by atoms with E-state index < -0.39 is 0 Å². The van der Waals surface area contributed by atoms with Crippen LogP contribution in [-0.2, 0) is 4.79 Å². The van der Waals surface area contributed by atoms with Crippen molar-refractivity contribution in [3.05, 3.63) is 41.0 Å². The molecule has 164 valence electrons. The summed E-state index contributed by atoms with van der Waals surface area (Å²) in [6, 6.07) is 9.37. The Bertz CT molecular complexity index is 966. The molecule has 2 N–H and O–H groups in total. The summed E-state index contributed by atoms with van der Waals surface area (Å²) in [7, 11) is 0. The van der Waals surface area contributed by atoms with Gasteiger partial charge >= 0.3 is 6.03 Å². The van der Waals surface area contributed by atoms with Crippen molar-refractivity contribution in [3.63, 3.8) is 0 Å². The van der Waals surface area contributed by atoms with Crippen molar-refractivity contribution in [1.82, 2.24) is 20.4 Å². The predicted octanol–water partition coefficient (Wildman–Crippen LogP) is 2.97. The highest BCUT2D eigenvalue weighted by Crippen LogP contribution is 2.40. The number of nitrogens with zero attached hydrogens (tertiary/aromatic N) is 4. The number of hydrogen-bond donors (Lipinski definition) is 2. The van der Waals surface area contributed by atoms with Crippen molar-refractivity contribution >= 4 is 35.0 Å². The largest absolute Gasteiger partial charge is 0.355 e. The van der Waals surface area contributed by atoms with Crippen molar-refractivity contribution in [2.75, 3.05) is 42.5 Å². The molecule has 1 aromatic carbocycles. The van der Waals surface area contributed by atoms with Crippen LogP contribution < -0.4 is 15.1 Å². The van der Waals surface area contributed by atoms with Crippen LogP contribution in [-0.4, -0.2) is 65.8 Å². The Morgan fingerprint density at radius 2 is 1.94 bits per heavy atom. The van der Waals surface area contributed by atoms with E-state index in [9.17, 15) is 9.59 Å². The minimum absolute atomic E-state index is 0.0836. The lowest BCUT2D eigenvalue weighted by Crippen LogP contribution is -2.48. The molecule has 3 amide bonds. The maximum absolute atomic E-state index is 12.7. The molecule has 9 heteroatoms. The minimum Gasteiger partial charge on any atom is -0.355 e. The van der Waals surface area contributed by atoms with Crippen molar-refractivity contribution in [1.29, 1.82) is 0 Å². The number of benzene rings is 1. The molecule has 8 nitrogen and oxygen atoms in total. The normalized spacial score (nSPS) is 19.9. The number of hydrogen-bond acceptors (Lipinski definition) is 4. The van der Waals surface area contributed by atoms with Crippen LogP contribution in [0.4, 0.5) is 16.3 Å². The zero-order valence-corrected chi connectivity index (χ0v) is 18.1. The number of H-pyrrole nitrogens is 1. The van der Waals surface area contributed by atoms with Gasteiger partial charge < -0.3 is 15.1 Å². The molecule has 3 aliphatic rings. The molecule has 3 heterocycles. The highest BCUT2D eigenvalue weighted by Gasteiger charge is 2.32. The Labute approximate surface area is 186 Å². The quantitative estimate of drug-likeness (QED) is 0.720. The Morgan fingerprint density at radius 1 is 1.13 bits per heavy atom. The summed E-state index contributed by atoms with van der Waals surface area (Å²) in [4.78, 5) is 30.8. The van der Waals surface area contributed by atoms with Gasteiger partial charge in [-0.05, 0) is 43.9 Å². The van der Waals surface area contributed by atoms with Gasteiger partial charge in [0.25, 0.3) is 0 Å². The molecule has 2 aromatic rings. The molecule has 2 aliphatic heterocycles. The molecule has 0 spiro atoms. The Hall–Kier alpha value is -2.74. The van der Waals surface area contributed by atoms with Gasteiger partial charge in [-0.15, -0.1) is 0 Å². The fourth-order valence-electron chi connectivity index (χ4n) is 4.40. The van der Waals surface area contributed by atoms with E-state index in [1.165, 1.54) is 18.5 Å². The summed E-state index contributed by atoms with van der Waals surface area (Å²) in [6.45, 7) is 2.90. The SMILES string of the molecule is O=C(CN1CCN(c2cccc(Cl)c2)C1=O)NC1CCN(c2cc(C3CC3)[nH]n2)CC1. The van der Waals surface area contributed by atoms with Gasteiger partial charge in [0.1, 0.15) is 6.54 Å². The molecule has 1 aromatic heterocycles. The predicted molar refractivity (Wildman–Crippen MR) is 120 cm³/mol. The van der Waals surface area contributed by atoms with Crippen LogP contribution in [0.5, 0.6) is 0 Å². The summed E-state index contributed by atoms with van der Waals surface area (Å²) < 4.78 is 0. The van der Waals surface area contributed by atoms with E-state index in [2.05, 4.69) is 26.5 Å². The average molecular weight is 443 g/mol. The zero-order valence-electron chi connectivity index (χ0n) is 17.4. The highest BCUT2D eigenvalue weighted by molar-refractivity contribution is 6.30. The van der Waals surface area contributed by atoms with Crippen molar-refractivity contribution in [3.8, 4) is 0 Å². The third kappa shape index (κ3) is 4.49. The second-order valence-electron chi connectivity index (χ2n) is 8.62. The number of rotatable bonds is 6. The third-order valence-electron chi connectivity index (χ3n) is 6.33. The molecule has 1 saturated carbocycles. The number of amides is 3. The van der Waals surface area contributed by atoms with Gasteiger partial charge in [0.05, 0.1) is 0 Å². The number of aromatic amines is 1. The monoisotopic (exact) mass is 442 g/mol. The van der Waals surface area contributed by atoms with Gasteiger partial charge in [-0.3, -0.25) is 14.8 Å². The summed E-state index contributed by atoms with van der Waals surface area (Å²) in [5.74, 6) is 1.58. The van der Waals surface area contributed by atoms with E-state index in [1.807, 2.05) is 12.1 Å². The molecular weight excluding hydrogens is 416 g/mol. The molecular formula is C22H27ClN6O2. The Kier molecular flexibility index (Phi) is 5.48. The van der Waals surface area contributed by atoms with Gasteiger partial charge in [-0.1, -0.05) is 17.7 Å². The second-order valence-corrected chi connectivity index (χ2v) is 9.06. The zero-order chi connectivity index (χ0) is 21.4. The molecule has 3 fully saturated rings. The fourth-order valence-corrected chi connectivity index (χ4v) is 4.59. The van der Waals surface area contributed by atoms with Crippen molar-refractivity contribution < 1.29 is 9.59 Å². The molecule has 31 heavy (non-hydrogen) atoms. The first-order valence-electron chi connectivity index (χ1n) is 11.0. The van der Waals surface area contributed by atoms with Gasteiger partial charge in [0.15, 0.2) is 5.82 Å². The topological polar surface area (TPSA) is 84.6 Å². The lowest BCUT2D eigenvalue weighted by atomic mass is 10.0. The van der Waals surface area contributed by atoms with Gasteiger partial charge in [0, 0.05) is 60.6 Å². The van der Waals surface area contributed by atoms with E-state index in [0.29, 0.717) is 24.0 Å². The van der Waals surface area contributed by atoms with Gasteiger partial charge in [-0.25, -0.2) is 4.79 Å². The number of carbonyl (C=O) groups is 2. The Morgan fingerprint density at radius 3 is 2.68 bits per heavy atom. The van der Waals surface area contributed by atoms with E-state index in [-0.39, 0.29) is 24.5 Å². The first kappa shape index (κ1) is 20.2. The second kappa shape index (κ2) is 8.42. The van der Waals surface area contributed by atoms with Crippen LogP contribution in [0, 0.1) is 0 Å². The fraction of sp³-hybridized carbons (Fsp3) is 0.500. The molecule has 0 unspecified atom stereocenters. The first-order chi connectivity index (χ1) is 15.1. The maximum atomic E-state index is 12.7. The highest BCUT2D eigenvalue weighted by atomic mass is 35.5. The molecule has 5 rings (SSSR count). The molecule has 0 radical (unpaired) electrons. The summed E-state index contributed by atoms with van der Waals surface area (Å²) in [6.07, 6.45) is 4.26. The van der Waals surface area contributed by atoms with Crippen LogP contribution >= 0.6 is 11.6 Å². The lowest BCUT2D eigenvalue weighted by molar-refractivity contribution is -0.122. The number of aromatic nitrogens is 2. The van der Waals surface area contributed by atoms with Crippen molar-refractivity contribution in [2.45, 2.75) is 37.6 Å². The van der Waals surface area contributed by atoms with E-state index in [1.54, 1.807) is 21.9 Å². The number of piperidine rings is 1. The minimum atomic E-state index is -0.155. The first-order valence-corrected chi connectivity index (χ1v) is 11.4. The Balaban J connectivity index is 1.09. The van der Waals surface area contributed by atoms with E-state index >= 15 is 0 Å². The number of urea groups is 1. The third-order valence-corrected chi connectivity index (χ3v) is 6.57. The van der Waals surface area contributed by atoms with Crippen LogP contribution in [0.3, 0.4) is 0 Å². The van der Waals surface area contributed by atoms with Gasteiger partial charge in [-0.2, -0.15) is 5.10 Å². The number of anilines is 2. The number of carbonyl (C=O) groups excluding carboxylic acids is 2. The van der Waals surface area contributed by atoms with Crippen LogP contribution in [0.15, 0.2) is 30.3 Å². The van der Waals surface area contributed by atoms with Crippen molar-refractivity contribution in [2.24, 2.45) is 0 Å². The van der Waals surface area contributed by atoms with E-state index in [0.717, 1.165) is 37.4 Å². The maximum Gasteiger partial charge on any atom is 0.325 e. The summed E-state index contributed by atoms with van der Waals surface area (Å²) >= 11 is 6.04. The smallest absolute Gasteiger partial charge is 0.325 e. The molecule has 1 aliphatic carbocycles. The lowest BCUT2D eigenvalue weighted by Gasteiger charge is -2.32. The summed E-state index contributed by atoms with van der Waals surface area (Å²) in [5.41, 5.74) is 2.00. The standard InChI is InChI=1S/C22H27ClN6O2/c23-16-2-1-3-18(12-16)29-11-10-28(22(29)31)14-21(30)24-17-6-8-27(9-7-17)20-13-19(25-26-20)15-4-5-15/h1-3,12-13,15,17H,4-11,14H2,(H,24,30)(H,25,26). The van der Waals surface area contributed by atoms with E-state index in [4.69, 9.17) is 11.6 Å². The van der Waals surface area contributed by atoms with Crippen LogP contribution in [0.25, 0.3) is 0 Å². The van der Waals surface area contributed by atoms with Crippen LogP contribution in [0.1, 0.15) is 37.3 Å². The molecule has 0 bridgehead atoms. The van der Waals surface area contributed by atoms with Crippen LogP contribution in [0.2, 0.25) is 5.02 Å². The van der Waals surface area contributed by atoms with Gasteiger partial charge in [0.2, 0.25) is 5.91 Å².